The van der Waals surface area contributed by atoms with E-state index in [9.17, 15) is 0 Å². The van der Waals surface area contributed by atoms with Crippen molar-refractivity contribution in [3.05, 3.63) is 20.9 Å². The normalized spacial score (nSPS) is 21.8. The maximum Gasteiger partial charge on any atom is 0.104 e. The molecule has 0 aliphatic carbocycles. The monoisotopic (exact) mass is 308 g/mol. The van der Waals surface area contributed by atoms with E-state index in [4.69, 9.17) is 0 Å². The van der Waals surface area contributed by atoms with Crippen LogP contribution < -0.4 is 9.80 Å². The fraction of sp³-hybridized carbons (Fsp3) is 0.778. The van der Waals surface area contributed by atoms with Gasteiger partial charge in [0.1, 0.15) is 13.1 Å². The number of aryl methyl sites for hydroxylation is 2. The molecular formula is C18H32N2S+2. The van der Waals surface area contributed by atoms with E-state index in [2.05, 4.69) is 13.8 Å². The summed E-state index contributed by atoms with van der Waals surface area (Å²) in [6, 6.07) is 0. The molecule has 2 saturated heterocycles. The number of likely N-dealkylation sites (tertiary alicyclic amines) is 2. The first kappa shape index (κ1) is 15.5. The molecule has 0 saturated carbocycles. The van der Waals surface area contributed by atoms with Crippen molar-refractivity contribution < 1.29 is 9.80 Å². The Morgan fingerprint density at radius 2 is 1.05 bits per heavy atom. The number of nitrogens with one attached hydrogen (secondary N) is 2. The van der Waals surface area contributed by atoms with Gasteiger partial charge in [0.05, 0.1) is 26.2 Å². The summed E-state index contributed by atoms with van der Waals surface area (Å²) in [5.41, 5.74) is 3.43. The van der Waals surface area contributed by atoms with Crippen LogP contribution in [0, 0.1) is 13.8 Å². The Balaban J connectivity index is 1.72. The van der Waals surface area contributed by atoms with Crippen LogP contribution >= 0.6 is 11.3 Å². The van der Waals surface area contributed by atoms with Gasteiger partial charge >= 0.3 is 0 Å². The number of hydrogen-bond donors (Lipinski definition) is 2. The summed E-state index contributed by atoms with van der Waals surface area (Å²) in [5, 5.41) is 0. The van der Waals surface area contributed by atoms with Crippen LogP contribution in [0.5, 0.6) is 0 Å². The van der Waals surface area contributed by atoms with Gasteiger partial charge in [-0.25, -0.2) is 0 Å². The van der Waals surface area contributed by atoms with Crippen LogP contribution in [0.15, 0.2) is 0 Å². The summed E-state index contributed by atoms with van der Waals surface area (Å²) in [6.07, 6.45) is 8.65. The Bertz CT molecular complexity index is 414. The average molecular weight is 309 g/mol. The lowest BCUT2D eigenvalue weighted by atomic mass is 10.0. The largest absolute Gasteiger partial charge is 0.331 e. The highest BCUT2D eigenvalue weighted by Gasteiger charge is 2.23. The van der Waals surface area contributed by atoms with Crippen molar-refractivity contribution in [3.63, 3.8) is 0 Å². The first-order chi connectivity index (χ1) is 10.2. The molecule has 2 aliphatic rings. The second kappa shape index (κ2) is 7.26. The molecule has 0 atom stereocenters. The maximum absolute atomic E-state index is 2.35. The molecule has 0 radical (unpaired) electrons. The van der Waals surface area contributed by atoms with Gasteiger partial charge in [-0.15, -0.1) is 11.3 Å². The molecule has 2 nitrogen and oxygen atoms in total. The van der Waals surface area contributed by atoms with Crippen molar-refractivity contribution >= 4 is 11.3 Å². The summed E-state index contributed by atoms with van der Waals surface area (Å²) in [7, 11) is 0. The van der Waals surface area contributed by atoms with Crippen molar-refractivity contribution in [1.82, 2.24) is 0 Å². The Morgan fingerprint density at radius 1 is 0.667 bits per heavy atom. The third kappa shape index (κ3) is 3.88. The Morgan fingerprint density at radius 3 is 1.43 bits per heavy atom. The van der Waals surface area contributed by atoms with Crippen LogP contribution in [0.25, 0.3) is 0 Å². The van der Waals surface area contributed by atoms with Crippen LogP contribution in [0.1, 0.15) is 59.4 Å². The van der Waals surface area contributed by atoms with Crippen LogP contribution in [0.3, 0.4) is 0 Å². The molecule has 0 unspecified atom stereocenters. The molecule has 2 N–H and O–H groups in total. The van der Waals surface area contributed by atoms with E-state index in [-0.39, 0.29) is 0 Å². The minimum Gasteiger partial charge on any atom is -0.331 e. The van der Waals surface area contributed by atoms with E-state index in [1.54, 1.807) is 20.9 Å². The van der Waals surface area contributed by atoms with Gasteiger partial charge in [-0.3, -0.25) is 0 Å². The van der Waals surface area contributed by atoms with Crippen molar-refractivity contribution in [3.8, 4) is 0 Å². The lowest BCUT2D eigenvalue weighted by Gasteiger charge is -2.26. The molecule has 3 heteroatoms. The van der Waals surface area contributed by atoms with E-state index in [1.807, 2.05) is 21.1 Å². The minimum absolute atomic E-state index is 1.29. The maximum atomic E-state index is 2.35. The van der Waals surface area contributed by atoms with E-state index in [0.717, 1.165) is 0 Å². The predicted octanol–water partition coefficient (Wildman–Crippen LogP) is 1.50. The van der Waals surface area contributed by atoms with Gasteiger partial charge in [-0.2, -0.15) is 0 Å². The highest BCUT2D eigenvalue weighted by molar-refractivity contribution is 7.12. The molecule has 21 heavy (non-hydrogen) atoms. The second-order valence-corrected chi connectivity index (χ2v) is 8.58. The molecule has 0 bridgehead atoms. The van der Waals surface area contributed by atoms with E-state index in [1.165, 1.54) is 77.8 Å². The van der Waals surface area contributed by atoms with Crippen molar-refractivity contribution in [2.75, 3.05) is 26.2 Å². The first-order valence-corrected chi connectivity index (χ1v) is 9.80. The summed E-state index contributed by atoms with van der Waals surface area (Å²) < 4.78 is 0. The molecule has 1 aromatic heterocycles. The molecule has 3 heterocycles. The second-order valence-electron chi connectivity index (χ2n) is 7.15. The first-order valence-electron chi connectivity index (χ1n) is 8.99. The topological polar surface area (TPSA) is 8.88 Å². The third-order valence-corrected chi connectivity index (χ3v) is 6.60. The standard InChI is InChI=1S/C18H30N2S/c1-15-17(13-19-9-5-3-6-10-19)18(16(2)21-15)14-20-11-7-4-8-12-20/h3-14H2,1-2H3/p+2. The van der Waals surface area contributed by atoms with Crippen LogP contribution in [-0.2, 0) is 13.1 Å². The summed E-state index contributed by atoms with van der Waals surface area (Å²) in [4.78, 5) is 6.85. The van der Waals surface area contributed by atoms with E-state index >= 15 is 0 Å². The highest BCUT2D eigenvalue weighted by Crippen LogP contribution is 2.26. The van der Waals surface area contributed by atoms with Crippen molar-refractivity contribution in [2.24, 2.45) is 0 Å². The number of hydrogen-bond acceptors (Lipinski definition) is 1. The molecule has 2 fully saturated rings. The zero-order valence-corrected chi connectivity index (χ0v) is 14.7. The zero-order valence-electron chi connectivity index (χ0n) is 13.9. The molecule has 2 aliphatic heterocycles. The van der Waals surface area contributed by atoms with Gasteiger partial charge in [0.2, 0.25) is 0 Å². The molecule has 3 rings (SSSR count). The Kier molecular flexibility index (Phi) is 5.36. The van der Waals surface area contributed by atoms with Crippen LogP contribution in [-0.4, -0.2) is 26.2 Å². The third-order valence-electron chi connectivity index (χ3n) is 5.50. The smallest absolute Gasteiger partial charge is 0.104 e. The quantitative estimate of drug-likeness (QED) is 0.834. The van der Waals surface area contributed by atoms with Gasteiger partial charge in [-0.05, 0) is 52.4 Å². The molecule has 1 aromatic rings. The molecular weight excluding hydrogens is 276 g/mol. The summed E-state index contributed by atoms with van der Waals surface area (Å²) in [5.74, 6) is 0. The molecule has 0 spiro atoms. The summed E-state index contributed by atoms with van der Waals surface area (Å²) >= 11 is 2.05. The molecule has 118 valence electrons. The van der Waals surface area contributed by atoms with Gasteiger partial charge in [0.15, 0.2) is 0 Å². The number of rotatable bonds is 4. The molecule has 0 amide bonds. The lowest BCUT2D eigenvalue weighted by Crippen LogP contribution is -3.12. The fourth-order valence-corrected chi connectivity index (χ4v) is 5.29. The van der Waals surface area contributed by atoms with Gasteiger partial charge in [0.25, 0.3) is 0 Å². The zero-order chi connectivity index (χ0) is 14.7. The average Bonchev–Trinajstić information content (AvgIpc) is 2.76. The molecule has 0 aromatic carbocycles. The number of thiophene rings is 1. The van der Waals surface area contributed by atoms with Crippen LogP contribution in [0.4, 0.5) is 0 Å². The van der Waals surface area contributed by atoms with E-state index in [0.29, 0.717) is 0 Å². The van der Waals surface area contributed by atoms with Gasteiger partial charge in [-0.1, -0.05) is 0 Å². The predicted molar refractivity (Wildman–Crippen MR) is 90.3 cm³/mol. The van der Waals surface area contributed by atoms with Crippen molar-refractivity contribution in [2.45, 2.75) is 65.5 Å². The Labute approximate surface area is 134 Å². The Hall–Kier alpha value is -0.380. The van der Waals surface area contributed by atoms with E-state index < -0.39 is 0 Å². The van der Waals surface area contributed by atoms with Crippen LogP contribution in [0.2, 0.25) is 0 Å². The van der Waals surface area contributed by atoms with Crippen molar-refractivity contribution in [1.29, 1.82) is 0 Å². The lowest BCUT2D eigenvalue weighted by molar-refractivity contribution is -0.922. The number of quaternary nitrogens is 2. The van der Waals surface area contributed by atoms with Gasteiger partial charge in [0, 0.05) is 20.9 Å². The fourth-order valence-electron chi connectivity index (χ4n) is 4.20. The SMILES string of the molecule is Cc1sc(C)c(C[NH+]2CCCCC2)c1C[NH+]1CCCCC1. The number of piperidine rings is 2. The summed E-state index contributed by atoms with van der Waals surface area (Å²) in [6.45, 7) is 12.9. The van der Waals surface area contributed by atoms with Gasteiger partial charge < -0.3 is 9.80 Å². The minimum atomic E-state index is 1.29. The highest BCUT2D eigenvalue weighted by atomic mass is 32.1.